The van der Waals surface area contributed by atoms with E-state index in [1.807, 2.05) is 0 Å². The lowest BCUT2D eigenvalue weighted by molar-refractivity contribution is 0.0635. The molecule has 0 heterocycles. The maximum atomic E-state index is 12.5. The highest BCUT2D eigenvalue weighted by Crippen LogP contribution is 2.19. The van der Waals surface area contributed by atoms with Gasteiger partial charge in [-0.15, -0.1) is 0 Å². The first-order valence-electron chi connectivity index (χ1n) is 9.70. The first kappa shape index (κ1) is 24.4. The van der Waals surface area contributed by atoms with Crippen LogP contribution in [0.2, 0.25) is 0 Å². The van der Waals surface area contributed by atoms with Gasteiger partial charge in [-0.25, -0.2) is 17.9 Å². The largest absolute Gasteiger partial charge is 0.444 e. The molecule has 8 nitrogen and oxygen atoms in total. The molecule has 0 spiro atoms. The summed E-state index contributed by atoms with van der Waals surface area (Å²) in [5, 5.41) is 5.27. The molecule has 0 saturated heterocycles. The van der Waals surface area contributed by atoms with Gasteiger partial charge in [0.1, 0.15) is 5.60 Å². The SMILES string of the molecule is CC(C)(C)NS(=O)(=O)c1cccc(NC(=O)c2ccc(NC(=O)OC(C)(C)C)cc2)c1. The third-order valence-corrected chi connectivity index (χ3v) is 5.39. The van der Waals surface area contributed by atoms with Crippen LogP contribution in [0.5, 0.6) is 0 Å². The van der Waals surface area contributed by atoms with Crippen molar-refractivity contribution in [2.24, 2.45) is 0 Å². The summed E-state index contributed by atoms with van der Waals surface area (Å²) in [5.41, 5.74) is -0.0812. The molecule has 0 atom stereocenters. The van der Waals surface area contributed by atoms with Gasteiger partial charge in [0.05, 0.1) is 4.90 Å². The normalized spacial score (nSPS) is 12.2. The maximum absolute atomic E-state index is 12.5. The number of benzene rings is 2. The summed E-state index contributed by atoms with van der Waals surface area (Å²) in [5.74, 6) is -0.415. The molecule has 0 aliphatic heterocycles. The highest BCUT2D eigenvalue weighted by molar-refractivity contribution is 7.89. The number of hydrogen-bond acceptors (Lipinski definition) is 5. The fourth-order valence-corrected chi connectivity index (χ4v) is 4.00. The molecular weight excluding hydrogens is 418 g/mol. The van der Waals surface area contributed by atoms with E-state index in [9.17, 15) is 18.0 Å². The molecule has 2 aromatic rings. The molecule has 0 aliphatic rings. The number of anilines is 2. The number of amides is 2. The molecule has 0 fully saturated rings. The second-order valence-corrected chi connectivity index (χ2v) is 10.7. The Labute approximate surface area is 183 Å². The van der Waals surface area contributed by atoms with Crippen molar-refractivity contribution < 1.29 is 22.7 Å². The average molecular weight is 448 g/mol. The Morgan fingerprint density at radius 3 is 2.00 bits per heavy atom. The fraction of sp³-hybridized carbons (Fsp3) is 0.364. The van der Waals surface area contributed by atoms with Crippen LogP contribution in [-0.2, 0) is 14.8 Å². The van der Waals surface area contributed by atoms with Gasteiger partial charge >= 0.3 is 6.09 Å². The Kier molecular flexibility index (Phi) is 7.13. The monoisotopic (exact) mass is 447 g/mol. The second kappa shape index (κ2) is 9.07. The molecule has 3 N–H and O–H groups in total. The fourth-order valence-electron chi connectivity index (χ4n) is 2.53. The summed E-state index contributed by atoms with van der Waals surface area (Å²) >= 11 is 0. The molecule has 2 rings (SSSR count). The summed E-state index contributed by atoms with van der Waals surface area (Å²) in [6, 6.07) is 12.3. The van der Waals surface area contributed by atoms with E-state index in [0.717, 1.165) is 0 Å². The molecule has 168 valence electrons. The average Bonchev–Trinajstić information content (AvgIpc) is 2.59. The number of rotatable bonds is 5. The standard InChI is InChI=1S/C22H29N3O5S/c1-21(2,3)25-31(28,29)18-9-7-8-17(14-18)23-19(26)15-10-12-16(13-11-15)24-20(27)30-22(4,5)6/h7-14,25H,1-6H3,(H,23,26)(H,24,27). The molecule has 31 heavy (non-hydrogen) atoms. The predicted molar refractivity (Wildman–Crippen MR) is 121 cm³/mol. The molecular formula is C22H29N3O5S. The van der Waals surface area contributed by atoms with Crippen LogP contribution in [0, 0.1) is 0 Å². The first-order chi connectivity index (χ1) is 14.1. The van der Waals surface area contributed by atoms with Crippen molar-refractivity contribution in [3.8, 4) is 0 Å². The molecule has 0 aliphatic carbocycles. The van der Waals surface area contributed by atoms with Crippen LogP contribution < -0.4 is 15.4 Å². The van der Waals surface area contributed by atoms with E-state index in [2.05, 4.69) is 15.4 Å². The lowest BCUT2D eigenvalue weighted by Gasteiger charge is -2.20. The van der Waals surface area contributed by atoms with Crippen molar-refractivity contribution in [3.05, 3.63) is 54.1 Å². The number of sulfonamides is 1. The van der Waals surface area contributed by atoms with E-state index >= 15 is 0 Å². The predicted octanol–water partition coefficient (Wildman–Crippen LogP) is 4.36. The minimum atomic E-state index is -3.72. The second-order valence-electron chi connectivity index (χ2n) is 9.04. The third-order valence-electron chi connectivity index (χ3n) is 3.64. The van der Waals surface area contributed by atoms with E-state index in [1.165, 1.54) is 12.1 Å². The summed E-state index contributed by atoms with van der Waals surface area (Å²) in [6.07, 6.45) is -0.591. The van der Waals surface area contributed by atoms with Gasteiger partial charge in [-0.05, 0) is 84.0 Å². The molecule has 0 aromatic heterocycles. The van der Waals surface area contributed by atoms with E-state index in [0.29, 0.717) is 16.9 Å². The van der Waals surface area contributed by atoms with Gasteiger partial charge in [-0.3, -0.25) is 10.1 Å². The molecule has 9 heteroatoms. The molecule has 2 aromatic carbocycles. The molecule has 0 radical (unpaired) electrons. The minimum Gasteiger partial charge on any atom is -0.444 e. The van der Waals surface area contributed by atoms with Crippen LogP contribution in [0.25, 0.3) is 0 Å². The Morgan fingerprint density at radius 2 is 1.45 bits per heavy atom. The first-order valence-corrected chi connectivity index (χ1v) is 11.2. The van der Waals surface area contributed by atoms with Crippen LogP contribution >= 0.6 is 0 Å². The van der Waals surface area contributed by atoms with Gasteiger partial charge in [0.2, 0.25) is 10.0 Å². The van der Waals surface area contributed by atoms with Gasteiger partial charge in [0.25, 0.3) is 5.91 Å². The van der Waals surface area contributed by atoms with Crippen molar-refractivity contribution in [1.29, 1.82) is 0 Å². The maximum Gasteiger partial charge on any atom is 0.412 e. The van der Waals surface area contributed by atoms with E-state index in [4.69, 9.17) is 4.74 Å². The lowest BCUT2D eigenvalue weighted by Crippen LogP contribution is -2.40. The van der Waals surface area contributed by atoms with Gasteiger partial charge in [-0.1, -0.05) is 6.07 Å². The summed E-state index contributed by atoms with van der Waals surface area (Å²) in [6.45, 7) is 10.5. The molecule has 2 amide bonds. The summed E-state index contributed by atoms with van der Waals surface area (Å²) in [4.78, 5) is 24.4. The van der Waals surface area contributed by atoms with Crippen molar-refractivity contribution in [2.75, 3.05) is 10.6 Å². The number of carbonyl (C=O) groups is 2. The summed E-state index contributed by atoms with van der Waals surface area (Å²) < 4.78 is 32.8. The highest BCUT2D eigenvalue weighted by atomic mass is 32.2. The number of carbonyl (C=O) groups excluding carboxylic acids is 2. The Bertz CT molecular complexity index is 1050. The zero-order chi connectivity index (χ0) is 23.4. The smallest absolute Gasteiger partial charge is 0.412 e. The third kappa shape index (κ3) is 8.03. The van der Waals surface area contributed by atoms with Gasteiger partial charge in [0, 0.05) is 22.5 Å². The molecule has 0 saturated carbocycles. The number of hydrogen-bond donors (Lipinski definition) is 3. The Morgan fingerprint density at radius 1 is 0.839 bits per heavy atom. The Hall–Kier alpha value is -2.91. The van der Waals surface area contributed by atoms with Crippen LogP contribution in [0.1, 0.15) is 51.9 Å². The zero-order valence-electron chi connectivity index (χ0n) is 18.6. The van der Waals surface area contributed by atoms with Gasteiger partial charge < -0.3 is 10.1 Å². The Balaban J connectivity index is 2.08. The lowest BCUT2D eigenvalue weighted by atomic mass is 10.1. The number of nitrogens with one attached hydrogen (secondary N) is 3. The van der Waals surface area contributed by atoms with E-state index < -0.39 is 33.2 Å². The van der Waals surface area contributed by atoms with E-state index in [1.54, 1.807) is 77.9 Å². The quantitative estimate of drug-likeness (QED) is 0.630. The van der Waals surface area contributed by atoms with Gasteiger partial charge in [0.15, 0.2) is 0 Å². The summed E-state index contributed by atoms with van der Waals surface area (Å²) in [7, 11) is -3.72. The molecule has 0 unspecified atom stereocenters. The highest BCUT2D eigenvalue weighted by Gasteiger charge is 2.22. The number of ether oxygens (including phenoxy) is 1. The van der Waals surface area contributed by atoms with Crippen LogP contribution in [-0.4, -0.2) is 31.6 Å². The molecule has 0 bridgehead atoms. The van der Waals surface area contributed by atoms with Gasteiger partial charge in [-0.2, -0.15) is 0 Å². The van der Waals surface area contributed by atoms with E-state index in [-0.39, 0.29) is 4.90 Å². The topological polar surface area (TPSA) is 114 Å². The van der Waals surface area contributed by atoms with Crippen molar-refractivity contribution in [1.82, 2.24) is 4.72 Å². The van der Waals surface area contributed by atoms with Crippen molar-refractivity contribution in [3.63, 3.8) is 0 Å². The van der Waals surface area contributed by atoms with Crippen LogP contribution in [0.4, 0.5) is 16.2 Å². The van der Waals surface area contributed by atoms with Crippen molar-refractivity contribution >= 4 is 33.4 Å². The van der Waals surface area contributed by atoms with Crippen LogP contribution in [0.3, 0.4) is 0 Å². The van der Waals surface area contributed by atoms with Crippen molar-refractivity contribution in [2.45, 2.75) is 57.6 Å². The van der Waals surface area contributed by atoms with Crippen LogP contribution in [0.15, 0.2) is 53.4 Å². The minimum absolute atomic E-state index is 0.0529. The zero-order valence-corrected chi connectivity index (χ0v) is 19.4.